The molecular formula is C12H9NNa2O4. The Hall–Kier alpha value is -0.430. The topological polar surface area (TPSA) is 93.2 Å². The van der Waals surface area contributed by atoms with Gasteiger partial charge in [-0.3, -0.25) is 4.98 Å². The first-order chi connectivity index (χ1) is 8.00. The number of carboxylic acids is 2. The van der Waals surface area contributed by atoms with Crippen LogP contribution in [-0.4, -0.2) is 16.9 Å². The number of nitrogens with zero attached hydrogens (tertiary/aromatic N) is 1. The van der Waals surface area contributed by atoms with Gasteiger partial charge >= 0.3 is 59.1 Å². The van der Waals surface area contributed by atoms with Crippen LogP contribution in [-0.2, 0) is 9.59 Å². The summed E-state index contributed by atoms with van der Waals surface area (Å²) in [6, 6.07) is 3.18. The van der Waals surface area contributed by atoms with Crippen molar-refractivity contribution in [1.82, 2.24) is 4.98 Å². The summed E-state index contributed by atoms with van der Waals surface area (Å²) in [5.41, 5.74) is 0.438. The van der Waals surface area contributed by atoms with Gasteiger partial charge in [0.1, 0.15) is 0 Å². The number of carbonyl (C=O) groups excluding carboxylic acids is 2. The maximum atomic E-state index is 10.9. The monoisotopic (exact) mass is 277 g/mol. The summed E-state index contributed by atoms with van der Waals surface area (Å²) in [4.78, 5) is 25.0. The van der Waals surface area contributed by atoms with Gasteiger partial charge in [0.2, 0.25) is 0 Å². The second-order valence-corrected chi connectivity index (χ2v) is 3.27. The van der Waals surface area contributed by atoms with Crippen LogP contribution in [0.3, 0.4) is 0 Å². The van der Waals surface area contributed by atoms with Gasteiger partial charge in [-0.15, -0.1) is 0 Å². The van der Waals surface area contributed by atoms with E-state index in [9.17, 15) is 19.8 Å². The molecule has 0 radical (unpaired) electrons. The van der Waals surface area contributed by atoms with Crippen LogP contribution in [0, 0.1) is 0 Å². The predicted octanol–water partition coefficient (Wildman–Crippen LogP) is -7.08. The molecule has 0 aliphatic rings. The molecule has 1 aromatic heterocycles. The average Bonchev–Trinajstić information content (AvgIpc) is 2.25. The van der Waals surface area contributed by atoms with E-state index in [2.05, 4.69) is 4.98 Å². The number of hydrogen-bond donors (Lipinski definition) is 0. The third-order valence-corrected chi connectivity index (χ3v) is 2.00. The van der Waals surface area contributed by atoms with Crippen LogP contribution < -0.4 is 69.3 Å². The molecule has 0 unspecified atom stereocenters. The molecule has 0 amide bonds. The molecule has 0 fully saturated rings. The van der Waals surface area contributed by atoms with Crippen molar-refractivity contribution in [3.8, 4) is 0 Å². The molecule has 0 aliphatic heterocycles. The first kappa shape index (κ1) is 20.9. The summed E-state index contributed by atoms with van der Waals surface area (Å²) in [5, 5.41) is 21.2. The zero-order valence-corrected chi connectivity index (χ0v) is 15.0. The summed E-state index contributed by atoms with van der Waals surface area (Å²) in [5.74, 6) is -2.90. The maximum Gasteiger partial charge on any atom is 1.00 e. The van der Waals surface area contributed by atoms with Gasteiger partial charge in [-0.2, -0.15) is 0 Å². The van der Waals surface area contributed by atoms with Crippen molar-refractivity contribution < 1.29 is 78.9 Å². The van der Waals surface area contributed by atoms with E-state index >= 15 is 0 Å². The Bertz CT molecular complexity index is 498. The van der Waals surface area contributed by atoms with Gasteiger partial charge < -0.3 is 19.8 Å². The number of hydrogen-bond acceptors (Lipinski definition) is 5. The molecule has 0 aromatic carbocycles. The van der Waals surface area contributed by atoms with Crippen molar-refractivity contribution >= 4 is 18.0 Å². The van der Waals surface area contributed by atoms with E-state index in [1.165, 1.54) is 25.4 Å². The van der Waals surface area contributed by atoms with Crippen LogP contribution in [0.15, 0.2) is 41.7 Å². The van der Waals surface area contributed by atoms with E-state index in [4.69, 9.17) is 0 Å². The molecule has 88 valence electrons. The molecule has 1 heterocycles. The number of aliphatic carboxylic acids is 2. The van der Waals surface area contributed by atoms with Crippen LogP contribution in [0.1, 0.15) is 12.5 Å². The fraction of sp³-hybridized carbons (Fsp3) is 0.0833. The fourth-order valence-electron chi connectivity index (χ4n) is 1.21. The maximum absolute atomic E-state index is 10.9. The van der Waals surface area contributed by atoms with Crippen molar-refractivity contribution in [2.45, 2.75) is 6.92 Å². The van der Waals surface area contributed by atoms with E-state index in [-0.39, 0.29) is 70.3 Å². The summed E-state index contributed by atoms with van der Waals surface area (Å²) in [6.07, 6.45) is 5.02. The molecule has 0 atom stereocenters. The van der Waals surface area contributed by atoms with Crippen LogP contribution in [0.4, 0.5) is 0 Å². The SMILES string of the molecule is CC(=C\C(=O)[O-])/C(=C/c1ccncc1)C(=O)[O-].[Na+].[Na+]. The number of carboxylic acid groups (broad SMARTS) is 2. The van der Waals surface area contributed by atoms with E-state index in [1.807, 2.05) is 0 Å². The molecule has 0 saturated heterocycles. The van der Waals surface area contributed by atoms with Crippen molar-refractivity contribution in [3.05, 3.63) is 47.3 Å². The largest absolute Gasteiger partial charge is 1.00 e. The molecule has 19 heavy (non-hydrogen) atoms. The van der Waals surface area contributed by atoms with Crippen LogP contribution >= 0.6 is 0 Å². The first-order valence-corrected chi connectivity index (χ1v) is 4.73. The van der Waals surface area contributed by atoms with Crippen molar-refractivity contribution in [3.63, 3.8) is 0 Å². The average molecular weight is 277 g/mol. The molecule has 7 heteroatoms. The Balaban J connectivity index is 0. The molecular weight excluding hydrogens is 268 g/mol. The van der Waals surface area contributed by atoms with Gasteiger partial charge in [0.05, 0.1) is 11.9 Å². The normalized spacial score (nSPS) is 11.0. The molecule has 5 nitrogen and oxygen atoms in total. The summed E-state index contributed by atoms with van der Waals surface area (Å²) in [7, 11) is 0. The second kappa shape index (κ2) is 10.4. The molecule has 0 saturated carbocycles. The summed E-state index contributed by atoms with van der Waals surface area (Å²) < 4.78 is 0. The van der Waals surface area contributed by atoms with Gasteiger partial charge in [0.25, 0.3) is 0 Å². The number of pyridine rings is 1. The number of aromatic nitrogens is 1. The minimum absolute atomic E-state index is 0. The van der Waals surface area contributed by atoms with E-state index in [1.54, 1.807) is 12.1 Å². The molecule has 0 N–H and O–H groups in total. The molecule has 0 spiro atoms. The van der Waals surface area contributed by atoms with Crippen LogP contribution in [0.5, 0.6) is 0 Å². The van der Waals surface area contributed by atoms with Gasteiger partial charge in [-0.25, -0.2) is 0 Å². The minimum Gasteiger partial charge on any atom is -0.545 e. The first-order valence-electron chi connectivity index (χ1n) is 4.73. The van der Waals surface area contributed by atoms with Crippen molar-refractivity contribution in [1.29, 1.82) is 0 Å². The van der Waals surface area contributed by atoms with Crippen LogP contribution in [0.2, 0.25) is 0 Å². The van der Waals surface area contributed by atoms with E-state index in [0.717, 1.165) is 0 Å². The van der Waals surface area contributed by atoms with Gasteiger partial charge in [-0.1, -0.05) is 0 Å². The fourth-order valence-corrected chi connectivity index (χ4v) is 1.21. The zero-order valence-electron chi connectivity index (χ0n) is 11.0. The van der Waals surface area contributed by atoms with Crippen molar-refractivity contribution in [2.24, 2.45) is 0 Å². The third-order valence-electron chi connectivity index (χ3n) is 2.00. The van der Waals surface area contributed by atoms with Gasteiger partial charge in [0.15, 0.2) is 0 Å². The molecule has 0 bridgehead atoms. The Morgan fingerprint density at radius 3 is 2.11 bits per heavy atom. The smallest absolute Gasteiger partial charge is 0.545 e. The van der Waals surface area contributed by atoms with Crippen LogP contribution in [0.25, 0.3) is 6.08 Å². The quantitative estimate of drug-likeness (QED) is 0.310. The second-order valence-electron chi connectivity index (χ2n) is 3.27. The summed E-state index contributed by atoms with van der Waals surface area (Å²) in [6.45, 7) is 1.36. The molecule has 1 aromatic rings. The Labute approximate surface area is 155 Å². The van der Waals surface area contributed by atoms with Gasteiger partial charge in [0, 0.05) is 18.0 Å². The minimum atomic E-state index is -1.45. The predicted molar refractivity (Wildman–Crippen MR) is 56.0 cm³/mol. The molecule has 1 rings (SSSR count). The van der Waals surface area contributed by atoms with E-state index < -0.39 is 11.9 Å². The van der Waals surface area contributed by atoms with E-state index in [0.29, 0.717) is 11.6 Å². The Morgan fingerprint density at radius 1 is 1.16 bits per heavy atom. The third kappa shape index (κ3) is 7.67. The van der Waals surface area contributed by atoms with Gasteiger partial charge in [-0.05, 0) is 42.3 Å². The number of carbonyl (C=O) groups is 2. The molecule has 0 aliphatic carbocycles. The standard InChI is InChI=1S/C12H11NO4.2Na/c1-8(6-11(14)15)10(12(16)17)7-9-2-4-13-5-3-9;;/h2-7H,1H3,(H,14,15)(H,16,17);;/q;2*+1/p-2/b8-6+,10-7-;;. The van der Waals surface area contributed by atoms with Crippen molar-refractivity contribution in [2.75, 3.05) is 0 Å². The zero-order chi connectivity index (χ0) is 12.8. The summed E-state index contributed by atoms with van der Waals surface area (Å²) >= 11 is 0. The number of rotatable bonds is 4. The Kier molecular flexibility index (Phi) is 11.4. The Morgan fingerprint density at radius 2 is 1.68 bits per heavy atom.